The maximum atomic E-state index is 12.5. The minimum absolute atomic E-state index is 0.0908. The molecule has 0 amide bonds. The Hall–Kier alpha value is -2.35. The van der Waals surface area contributed by atoms with E-state index in [1.807, 2.05) is 47.0 Å². The number of carbonyl (C=O) groups excluding carboxylic acids is 1. The van der Waals surface area contributed by atoms with Gasteiger partial charge in [0.15, 0.2) is 0 Å². The van der Waals surface area contributed by atoms with Gasteiger partial charge in [-0.3, -0.25) is 9.36 Å². The molecular formula is C16H11NO. The summed E-state index contributed by atoms with van der Waals surface area (Å²) in [6, 6.07) is 18.0. The molecule has 2 heterocycles. The van der Waals surface area contributed by atoms with E-state index >= 15 is 0 Å². The summed E-state index contributed by atoms with van der Waals surface area (Å²) < 4.78 is 1.84. The number of hydrogen-bond acceptors (Lipinski definition) is 1. The number of rotatable bonds is 0. The van der Waals surface area contributed by atoms with Crippen LogP contribution in [0.3, 0.4) is 0 Å². The first kappa shape index (κ1) is 9.66. The number of benzene rings is 2. The van der Waals surface area contributed by atoms with E-state index in [2.05, 4.69) is 12.1 Å². The van der Waals surface area contributed by atoms with Gasteiger partial charge in [0.25, 0.3) is 5.91 Å². The third-order valence-corrected chi connectivity index (χ3v) is 3.61. The Labute approximate surface area is 104 Å². The van der Waals surface area contributed by atoms with E-state index in [1.54, 1.807) is 0 Å². The molecule has 0 saturated heterocycles. The third kappa shape index (κ3) is 1.15. The lowest BCUT2D eigenvalue weighted by Crippen LogP contribution is -2.21. The number of aromatic nitrogens is 1. The molecule has 0 fully saturated rings. The van der Waals surface area contributed by atoms with Gasteiger partial charge in [-0.15, -0.1) is 0 Å². The number of fused-ring (bicyclic) bond motifs is 4. The summed E-state index contributed by atoms with van der Waals surface area (Å²) in [5, 5.41) is 1.13. The minimum Gasteiger partial charge on any atom is -0.280 e. The molecule has 0 spiro atoms. The lowest BCUT2D eigenvalue weighted by molar-refractivity contribution is 0.0957. The van der Waals surface area contributed by atoms with Crippen LogP contribution in [0, 0.1) is 0 Å². The van der Waals surface area contributed by atoms with Gasteiger partial charge >= 0.3 is 0 Å². The van der Waals surface area contributed by atoms with E-state index in [0.717, 1.165) is 34.1 Å². The van der Waals surface area contributed by atoms with Crippen LogP contribution >= 0.6 is 0 Å². The van der Waals surface area contributed by atoms with Crippen molar-refractivity contribution in [2.24, 2.45) is 0 Å². The Kier molecular flexibility index (Phi) is 1.78. The van der Waals surface area contributed by atoms with Crippen LogP contribution in [0.4, 0.5) is 0 Å². The molecule has 3 aromatic rings. The number of para-hydroxylation sites is 1. The largest absolute Gasteiger partial charge is 0.280 e. The van der Waals surface area contributed by atoms with Gasteiger partial charge in [-0.25, -0.2) is 0 Å². The summed E-state index contributed by atoms with van der Waals surface area (Å²) >= 11 is 0. The number of carbonyl (C=O) groups is 1. The lowest BCUT2D eigenvalue weighted by atomic mass is 9.99. The molecule has 0 radical (unpaired) electrons. The molecule has 1 aliphatic rings. The molecule has 0 N–H and O–H groups in total. The van der Waals surface area contributed by atoms with Gasteiger partial charge in [0.05, 0.1) is 5.52 Å². The van der Waals surface area contributed by atoms with Crippen LogP contribution in [-0.2, 0) is 6.42 Å². The zero-order valence-electron chi connectivity index (χ0n) is 9.76. The third-order valence-electron chi connectivity index (χ3n) is 3.61. The molecule has 0 unspecified atom stereocenters. The maximum absolute atomic E-state index is 12.5. The summed E-state index contributed by atoms with van der Waals surface area (Å²) in [6.07, 6.45) is 0.830. The van der Waals surface area contributed by atoms with Crippen molar-refractivity contribution >= 4 is 16.8 Å². The fourth-order valence-electron chi connectivity index (χ4n) is 2.78. The predicted molar refractivity (Wildman–Crippen MR) is 70.9 cm³/mol. The summed E-state index contributed by atoms with van der Waals surface area (Å²) in [5.41, 5.74) is 4.04. The summed E-state index contributed by atoms with van der Waals surface area (Å²) in [7, 11) is 0. The smallest absolute Gasteiger partial charge is 0.262 e. The standard InChI is InChI=1S/C16H11NO/c18-16-14-7-3-1-5-11(14)9-13-10-12-6-2-4-8-15(12)17(13)16/h1-8,10H,9H2. The second kappa shape index (κ2) is 3.33. The van der Waals surface area contributed by atoms with Gasteiger partial charge in [-0.05, 0) is 23.8 Å². The molecule has 1 aliphatic heterocycles. The van der Waals surface area contributed by atoms with Crippen molar-refractivity contribution in [3.63, 3.8) is 0 Å². The van der Waals surface area contributed by atoms with Gasteiger partial charge in [0.2, 0.25) is 0 Å². The van der Waals surface area contributed by atoms with Gasteiger partial charge in [0.1, 0.15) is 0 Å². The van der Waals surface area contributed by atoms with Gasteiger partial charge in [-0.1, -0.05) is 36.4 Å². The fourth-order valence-corrected chi connectivity index (χ4v) is 2.78. The van der Waals surface area contributed by atoms with Crippen LogP contribution in [0.15, 0.2) is 54.6 Å². The quantitative estimate of drug-likeness (QED) is 0.457. The average Bonchev–Trinajstić information content (AvgIpc) is 2.77. The first-order chi connectivity index (χ1) is 8.84. The molecule has 1 aromatic heterocycles. The highest BCUT2D eigenvalue weighted by Gasteiger charge is 2.24. The minimum atomic E-state index is 0.0908. The van der Waals surface area contributed by atoms with Gasteiger partial charge < -0.3 is 0 Å². The second-order valence-electron chi connectivity index (χ2n) is 4.67. The van der Waals surface area contributed by atoms with Crippen molar-refractivity contribution < 1.29 is 4.79 Å². The van der Waals surface area contributed by atoms with E-state index in [0.29, 0.717) is 0 Å². The topological polar surface area (TPSA) is 22.0 Å². The maximum Gasteiger partial charge on any atom is 0.262 e. The first-order valence-electron chi connectivity index (χ1n) is 6.06. The fraction of sp³-hybridized carbons (Fsp3) is 0.0625. The van der Waals surface area contributed by atoms with Crippen LogP contribution in [-0.4, -0.2) is 10.5 Å². The molecule has 0 bridgehead atoms. The Morgan fingerprint density at radius 3 is 2.67 bits per heavy atom. The number of hydrogen-bond donors (Lipinski definition) is 0. The van der Waals surface area contributed by atoms with E-state index in [4.69, 9.17) is 0 Å². The Balaban J connectivity index is 2.06. The van der Waals surface area contributed by atoms with E-state index in [9.17, 15) is 4.79 Å². The van der Waals surface area contributed by atoms with Crippen molar-refractivity contribution in [1.82, 2.24) is 4.57 Å². The molecular weight excluding hydrogens is 222 g/mol. The van der Waals surface area contributed by atoms with E-state index in [-0.39, 0.29) is 5.91 Å². The summed E-state index contributed by atoms with van der Waals surface area (Å²) in [4.78, 5) is 12.5. The zero-order chi connectivity index (χ0) is 12.1. The van der Waals surface area contributed by atoms with Crippen LogP contribution in [0.1, 0.15) is 21.6 Å². The molecule has 18 heavy (non-hydrogen) atoms. The number of nitrogens with zero attached hydrogens (tertiary/aromatic N) is 1. The summed E-state index contributed by atoms with van der Waals surface area (Å²) in [5.74, 6) is 0.0908. The van der Waals surface area contributed by atoms with E-state index < -0.39 is 0 Å². The van der Waals surface area contributed by atoms with Crippen LogP contribution in [0.2, 0.25) is 0 Å². The van der Waals surface area contributed by atoms with Crippen LogP contribution in [0.5, 0.6) is 0 Å². The molecule has 2 aromatic carbocycles. The predicted octanol–water partition coefficient (Wildman–Crippen LogP) is 3.23. The molecule has 2 nitrogen and oxygen atoms in total. The van der Waals surface area contributed by atoms with Crippen LogP contribution in [0.25, 0.3) is 10.9 Å². The first-order valence-corrected chi connectivity index (χ1v) is 6.06. The Morgan fingerprint density at radius 1 is 0.944 bits per heavy atom. The van der Waals surface area contributed by atoms with Crippen LogP contribution < -0.4 is 0 Å². The highest BCUT2D eigenvalue weighted by Crippen LogP contribution is 2.28. The molecule has 2 heteroatoms. The van der Waals surface area contributed by atoms with Crippen molar-refractivity contribution in [3.8, 4) is 0 Å². The average molecular weight is 233 g/mol. The zero-order valence-corrected chi connectivity index (χ0v) is 9.76. The van der Waals surface area contributed by atoms with Crippen molar-refractivity contribution in [2.75, 3.05) is 0 Å². The van der Waals surface area contributed by atoms with Gasteiger partial charge in [-0.2, -0.15) is 0 Å². The molecule has 0 aliphatic carbocycles. The van der Waals surface area contributed by atoms with E-state index in [1.165, 1.54) is 0 Å². The normalized spacial score (nSPS) is 13.4. The Morgan fingerprint density at radius 2 is 1.72 bits per heavy atom. The molecule has 86 valence electrons. The highest BCUT2D eigenvalue weighted by atomic mass is 16.2. The highest BCUT2D eigenvalue weighted by molar-refractivity contribution is 6.05. The van der Waals surface area contributed by atoms with Crippen molar-refractivity contribution in [2.45, 2.75) is 6.42 Å². The molecule has 0 saturated carbocycles. The van der Waals surface area contributed by atoms with Crippen molar-refractivity contribution in [1.29, 1.82) is 0 Å². The Bertz CT molecular complexity index is 783. The SMILES string of the molecule is O=C1c2ccccc2Cc2cc3ccccc3n21. The second-order valence-corrected chi connectivity index (χ2v) is 4.67. The lowest BCUT2D eigenvalue weighted by Gasteiger charge is -2.18. The molecule has 4 rings (SSSR count). The summed E-state index contributed by atoms with van der Waals surface area (Å²) in [6.45, 7) is 0. The monoisotopic (exact) mass is 233 g/mol. The van der Waals surface area contributed by atoms with Crippen molar-refractivity contribution in [3.05, 3.63) is 71.4 Å². The van der Waals surface area contributed by atoms with Gasteiger partial charge in [0, 0.05) is 23.1 Å². The molecule has 0 atom stereocenters.